The smallest absolute Gasteiger partial charge is 0.171 e. The van der Waals surface area contributed by atoms with E-state index in [4.69, 9.17) is 4.74 Å². The van der Waals surface area contributed by atoms with E-state index >= 15 is 0 Å². The lowest BCUT2D eigenvalue weighted by Crippen LogP contribution is -2.55. The van der Waals surface area contributed by atoms with Crippen molar-refractivity contribution >= 4 is 5.82 Å². The lowest BCUT2D eigenvalue weighted by molar-refractivity contribution is 0.172. The number of pyridine rings is 1. The van der Waals surface area contributed by atoms with Crippen molar-refractivity contribution in [1.29, 1.82) is 0 Å². The summed E-state index contributed by atoms with van der Waals surface area (Å²) in [5.74, 6) is 1.42. The highest BCUT2D eigenvalue weighted by Gasteiger charge is 2.32. The van der Waals surface area contributed by atoms with Gasteiger partial charge in [-0.05, 0) is 26.0 Å². The first-order valence-electron chi connectivity index (χ1n) is 9.02. The number of hydrogen-bond acceptors (Lipinski definition) is 4. The highest BCUT2D eigenvalue weighted by molar-refractivity contribution is 5.69. The van der Waals surface area contributed by atoms with E-state index in [9.17, 15) is 4.39 Å². The molecule has 1 aromatic carbocycles. The minimum Gasteiger partial charge on any atom is -0.490 e. The molecule has 1 unspecified atom stereocenters. The number of fused-ring (bicyclic) bond motifs is 3. The number of nitrogens with zero attached hydrogens (tertiary/aromatic N) is 3. The molecule has 25 heavy (non-hydrogen) atoms. The van der Waals surface area contributed by atoms with E-state index in [1.165, 1.54) is 6.07 Å². The summed E-state index contributed by atoms with van der Waals surface area (Å²) < 4.78 is 20.1. The number of halogens is 1. The summed E-state index contributed by atoms with van der Waals surface area (Å²) in [5.41, 5.74) is 1.32. The second kappa shape index (κ2) is 6.64. The van der Waals surface area contributed by atoms with Gasteiger partial charge in [-0.25, -0.2) is 9.37 Å². The molecule has 2 aliphatic heterocycles. The Labute approximate surface area is 148 Å². The molecular weight excluding hydrogens is 317 g/mol. The summed E-state index contributed by atoms with van der Waals surface area (Å²) in [6.45, 7) is 8.18. The Kier molecular flexibility index (Phi) is 4.34. The Hall–Kier alpha value is -2.14. The van der Waals surface area contributed by atoms with E-state index in [-0.39, 0.29) is 5.82 Å². The molecule has 3 heterocycles. The maximum absolute atomic E-state index is 14.1. The van der Waals surface area contributed by atoms with Crippen molar-refractivity contribution in [3.8, 4) is 16.9 Å². The first-order chi connectivity index (χ1) is 12.1. The van der Waals surface area contributed by atoms with Gasteiger partial charge in [0.15, 0.2) is 11.6 Å². The van der Waals surface area contributed by atoms with Crippen molar-refractivity contribution in [2.24, 2.45) is 0 Å². The zero-order valence-corrected chi connectivity index (χ0v) is 14.8. The van der Waals surface area contributed by atoms with E-state index in [0.717, 1.165) is 43.2 Å². The average molecular weight is 341 g/mol. The normalized spacial score (nSPS) is 20.6. The zero-order chi connectivity index (χ0) is 17.4. The molecule has 0 saturated carbocycles. The Morgan fingerprint density at radius 3 is 2.88 bits per heavy atom. The molecule has 1 aromatic heterocycles. The number of rotatable bonds is 2. The van der Waals surface area contributed by atoms with E-state index in [1.807, 2.05) is 12.1 Å². The fourth-order valence-electron chi connectivity index (χ4n) is 3.78. The molecule has 0 spiro atoms. The van der Waals surface area contributed by atoms with Gasteiger partial charge in [0.2, 0.25) is 0 Å². The molecule has 5 heteroatoms. The molecule has 0 aliphatic carbocycles. The van der Waals surface area contributed by atoms with Gasteiger partial charge in [0, 0.05) is 55.5 Å². The fourth-order valence-corrected chi connectivity index (χ4v) is 3.78. The van der Waals surface area contributed by atoms with E-state index in [2.05, 4.69) is 28.6 Å². The van der Waals surface area contributed by atoms with Crippen molar-refractivity contribution in [1.82, 2.24) is 9.88 Å². The Morgan fingerprint density at radius 2 is 2.08 bits per heavy atom. The molecule has 2 aromatic rings. The van der Waals surface area contributed by atoms with Gasteiger partial charge in [0.1, 0.15) is 5.82 Å². The summed E-state index contributed by atoms with van der Waals surface area (Å²) in [6, 6.07) is 9.70. The van der Waals surface area contributed by atoms with Crippen molar-refractivity contribution in [2.45, 2.75) is 32.4 Å². The maximum Gasteiger partial charge on any atom is 0.171 e. The first kappa shape index (κ1) is 16.3. The molecule has 0 N–H and O–H groups in total. The minimum atomic E-state index is -0.235. The van der Waals surface area contributed by atoms with Gasteiger partial charge in [-0.3, -0.25) is 4.90 Å². The SMILES string of the molecule is CC(C)N1CCN2c3ncc(-c4ccccc4F)cc3OCCC2C1. The zero-order valence-electron chi connectivity index (χ0n) is 14.8. The number of hydrogen-bond donors (Lipinski definition) is 0. The van der Waals surface area contributed by atoms with E-state index in [0.29, 0.717) is 24.3 Å². The quantitative estimate of drug-likeness (QED) is 0.835. The van der Waals surface area contributed by atoms with Crippen molar-refractivity contribution in [2.75, 3.05) is 31.1 Å². The van der Waals surface area contributed by atoms with Crippen LogP contribution in [-0.4, -0.2) is 48.2 Å². The molecule has 4 rings (SSSR count). The lowest BCUT2D eigenvalue weighted by Gasteiger charge is -2.42. The van der Waals surface area contributed by atoms with E-state index < -0.39 is 0 Å². The van der Waals surface area contributed by atoms with Crippen molar-refractivity contribution in [3.05, 3.63) is 42.3 Å². The highest BCUT2D eigenvalue weighted by atomic mass is 19.1. The van der Waals surface area contributed by atoms with Crippen molar-refractivity contribution in [3.63, 3.8) is 0 Å². The summed E-state index contributed by atoms with van der Waals surface area (Å²) in [5, 5.41) is 0. The lowest BCUT2D eigenvalue weighted by atomic mass is 10.1. The maximum atomic E-state index is 14.1. The number of benzene rings is 1. The van der Waals surface area contributed by atoms with Crippen LogP contribution >= 0.6 is 0 Å². The highest BCUT2D eigenvalue weighted by Crippen LogP contribution is 2.36. The third-order valence-corrected chi connectivity index (χ3v) is 5.24. The molecule has 132 valence electrons. The molecule has 0 amide bonds. The average Bonchev–Trinajstić information content (AvgIpc) is 2.80. The van der Waals surface area contributed by atoms with Gasteiger partial charge >= 0.3 is 0 Å². The number of anilines is 1. The second-order valence-electron chi connectivity index (χ2n) is 7.10. The standard InChI is InChI=1S/C20H24FN3O/c1-14(2)23-8-9-24-16(13-23)7-10-25-19-11-15(12-22-20(19)24)17-5-3-4-6-18(17)21/h3-6,11-12,14,16H,7-10,13H2,1-2H3. The van der Waals surface area contributed by atoms with Crippen LogP contribution in [-0.2, 0) is 0 Å². The van der Waals surface area contributed by atoms with Crippen LogP contribution in [0.5, 0.6) is 5.75 Å². The number of aromatic nitrogens is 1. The van der Waals surface area contributed by atoms with Gasteiger partial charge in [-0.1, -0.05) is 18.2 Å². The summed E-state index contributed by atoms with van der Waals surface area (Å²) in [4.78, 5) is 9.55. The Balaban J connectivity index is 1.66. The molecule has 4 nitrogen and oxygen atoms in total. The van der Waals surface area contributed by atoms with Crippen LogP contribution in [0.3, 0.4) is 0 Å². The van der Waals surface area contributed by atoms with E-state index in [1.54, 1.807) is 18.3 Å². The van der Waals surface area contributed by atoms with Crippen LogP contribution in [0.1, 0.15) is 20.3 Å². The van der Waals surface area contributed by atoms with Gasteiger partial charge < -0.3 is 9.64 Å². The van der Waals surface area contributed by atoms with Gasteiger partial charge in [-0.2, -0.15) is 0 Å². The summed E-state index contributed by atoms with van der Waals surface area (Å²) in [7, 11) is 0. The predicted octanol–water partition coefficient (Wildman–Crippen LogP) is 3.57. The molecule has 1 atom stereocenters. The molecular formula is C20H24FN3O. The van der Waals surface area contributed by atoms with Crippen LogP contribution < -0.4 is 9.64 Å². The Morgan fingerprint density at radius 1 is 1.24 bits per heavy atom. The first-order valence-corrected chi connectivity index (χ1v) is 9.02. The molecule has 1 saturated heterocycles. The fraction of sp³-hybridized carbons (Fsp3) is 0.450. The molecule has 0 bridgehead atoms. The number of piperazine rings is 1. The van der Waals surface area contributed by atoms with Gasteiger partial charge in [0.25, 0.3) is 0 Å². The van der Waals surface area contributed by atoms with Crippen LogP contribution in [0.2, 0.25) is 0 Å². The minimum absolute atomic E-state index is 0.235. The van der Waals surface area contributed by atoms with Crippen LogP contribution in [0.15, 0.2) is 36.5 Å². The van der Waals surface area contributed by atoms with Crippen LogP contribution in [0, 0.1) is 5.82 Å². The van der Waals surface area contributed by atoms with Crippen molar-refractivity contribution < 1.29 is 9.13 Å². The van der Waals surface area contributed by atoms with Gasteiger partial charge in [0.05, 0.1) is 6.61 Å². The third-order valence-electron chi connectivity index (χ3n) is 5.24. The van der Waals surface area contributed by atoms with Crippen LogP contribution in [0.4, 0.5) is 10.2 Å². The largest absolute Gasteiger partial charge is 0.490 e. The molecule has 0 radical (unpaired) electrons. The number of ether oxygens (including phenoxy) is 1. The predicted molar refractivity (Wildman–Crippen MR) is 97.6 cm³/mol. The van der Waals surface area contributed by atoms with Crippen LogP contribution in [0.25, 0.3) is 11.1 Å². The Bertz CT molecular complexity index is 764. The third kappa shape index (κ3) is 3.09. The second-order valence-corrected chi connectivity index (χ2v) is 7.10. The summed E-state index contributed by atoms with van der Waals surface area (Å²) >= 11 is 0. The molecule has 1 fully saturated rings. The topological polar surface area (TPSA) is 28.6 Å². The molecule has 2 aliphatic rings. The van der Waals surface area contributed by atoms with Gasteiger partial charge in [-0.15, -0.1) is 0 Å². The monoisotopic (exact) mass is 341 g/mol. The summed E-state index contributed by atoms with van der Waals surface area (Å²) in [6.07, 6.45) is 2.74.